The fraction of sp³-hybridized carbons (Fsp3) is 0.120. The highest BCUT2D eigenvalue weighted by Gasteiger charge is 2.17. The van der Waals surface area contributed by atoms with Gasteiger partial charge in [-0.3, -0.25) is 9.48 Å². The molecule has 5 aromatic rings. The van der Waals surface area contributed by atoms with Crippen molar-refractivity contribution in [2.45, 2.75) is 20.0 Å². The molecular weight excluding hydrogens is 490 g/mol. The average Bonchev–Trinajstić information content (AvgIpc) is 3.40. The van der Waals surface area contributed by atoms with Crippen LogP contribution in [-0.4, -0.2) is 30.5 Å². The summed E-state index contributed by atoms with van der Waals surface area (Å²) in [7, 11) is 0. The first kappa shape index (κ1) is 23.0. The lowest BCUT2D eigenvalue weighted by Gasteiger charge is -2.07. The third-order valence-electron chi connectivity index (χ3n) is 5.55. The number of nitrogens with zero attached hydrogens (tertiary/aromatic N) is 5. The Balaban J connectivity index is 1.34. The van der Waals surface area contributed by atoms with Gasteiger partial charge in [0.25, 0.3) is 0 Å². The quantitative estimate of drug-likeness (QED) is 0.317. The second-order valence-corrected chi connectivity index (χ2v) is 8.77. The summed E-state index contributed by atoms with van der Waals surface area (Å²) in [5.74, 6) is -0.212. The first-order valence-electron chi connectivity index (χ1n) is 10.7. The van der Waals surface area contributed by atoms with Gasteiger partial charge in [-0.1, -0.05) is 41.4 Å². The van der Waals surface area contributed by atoms with Crippen molar-refractivity contribution in [3.05, 3.63) is 94.1 Å². The van der Waals surface area contributed by atoms with E-state index in [4.69, 9.17) is 23.2 Å². The zero-order valence-corrected chi connectivity index (χ0v) is 20.1. The van der Waals surface area contributed by atoms with Crippen LogP contribution in [0.5, 0.6) is 0 Å². The molecule has 3 aromatic heterocycles. The number of aromatic nitrogens is 5. The SMILES string of the molecule is Cc1nn(CC(=O)Nc2ccn(Cc3c(Cl)cccc3Cl)n2)c2nccc(-c3ccc(F)cc3)c12. The summed E-state index contributed by atoms with van der Waals surface area (Å²) in [5.41, 5.74) is 3.75. The molecule has 0 fully saturated rings. The molecule has 1 amide bonds. The molecule has 2 aromatic carbocycles. The van der Waals surface area contributed by atoms with Crippen molar-refractivity contribution >= 4 is 46.0 Å². The van der Waals surface area contributed by atoms with E-state index in [1.54, 1.807) is 58.2 Å². The molecule has 0 bridgehead atoms. The third kappa shape index (κ3) is 4.76. The van der Waals surface area contributed by atoms with E-state index in [2.05, 4.69) is 20.5 Å². The predicted molar refractivity (Wildman–Crippen MR) is 134 cm³/mol. The van der Waals surface area contributed by atoms with Crippen molar-refractivity contribution in [2.75, 3.05) is 5.32 Å². The molecule has 0 unspecified atom stereocenters. The lowest BCUT2D eigenvalue weighted by atomic mass is 10.0. The van der Waals surface area contributed by atoms with Gasteiger partial charge >= 0.3 is 0 Å². The number of hydrogen-bond donors (Lipinski definition) is 1. The third-order valence-corrected chi connectivity index (χ3v) is 6.25. The first-order valence-corrected chi connectivity index (χ1v) is 11.5. The summed E-state index contributed by atoms with van der Waals surface area (Å²) < 4.78 is 16.6. The number of carbonyl (C=O) groups excluding carboxylic acids is 1. The molecular formula is C25H19Cl2FN6O. The van der Waals surface area contributed by atoms with E-state index >= 15 is 0 Å². The predicted octanol–water partition coefficient (Wildman–Crippen LogP) is 5.74. The van der Waals surface area contributed by atoms with Crippen LogP contribution in [0.3, 0.4) is 0 Å². The molecule has 0 aliphatic rings. The Morgan fingerprint density at radius 1 is 1.03 bits per heavy atom. The number of nitrogens with one attached hydrogen (secondary N) is 1. The number of carbonyl (C=O) groups is 1. The Morgan fingerprint density at radius 2 is 1.77 bits per heavy atom. The van der Waals surface area contributed by atoms with Gasteiger partial charge in [-0.05, 0) is 48.4 Å². The Hall–Kier alpha value is -3.75. The molecule has 5 rings (SSSR count). The van der Waals surface area contributed by atoms with Crippen molar-refractivity contribution in [1.29, 1.82) is 0 Å². The molecule has 176 valence electrons. The standard InChI is InChI=1S/C25H19Cl2FN6O/c1-15-24-18(16-5-7-17(28)8-6-16)9-11-29-25(24)34(31-15)14-23(35)30-22-10-12-33(32-22)13-19-20(26)3-2-4-21(19)27/h2-12H,13-14H2,1H3,(H,30,32,35). The maximum Gasteiger partial charge on any atom is 0.247 e. The van der Waals surface area contributed by atoms with Crippen molar-refractivity contribution in [1.82, 2.24) is 24.5 Å². The lowest BCUT2D eigenvalue weighted by molar-refractivity contribution is -0.116. The molecule has 0 aliphatic heterocycles. The van der Waals surface area contributed by atoms with E-state index in [0.29, 0.717) is 28.1 Å². The van der Waals surface area contributed by atoms with E-state index in [-0.39, 0.29) is 18.3 Å². The topological polar surface area (TPSA) is 77.6 Å². The van der Waals surface area contributed by atoms with Crippen LogP contribution in [0, 0.1) is 12.7 Å². The first-order chi connectivity index (χ1) is 16.9. The molecule has 0 saturated heterocycles. The smallest absolute Gasteiger partial charge is 0.247 e. The highest BCUT2D eigenvalue weighted by molar-refractivity contribution is 6.36. The molecule has 0 aliphatic carbocycles. The molecule has 0 radical (unpaired) electrons. The summed E-state index contributed by atoms with van der Waals surface area (Å²) in [6.45, 7) is 2.17. The number of aryl methyl sites for hydroxylation is 1. The highest BCUT2D eigenvalue weighted by Crippen LogP contribution is 2.30. The van der Waals surface area contributed by atoms with E-state index in [0.717, 1.165) is 27.8 Å². The summed E-state index contributed by atoms with van der Waals surface area (Å²) >= 11 is 12.5. The fourth-order valence-corrected chi connectivity index (χ4v) is 4.46. The van der Waals surface area contributed by atoms with Crippen LogP contribution in [0.1, 0.15) is 11.3 Å². The number of pyridine rings is 1. The molecule has 7 nitrogen and oxygen atoms in total. The summed E-state index contributed by atoms with van der Waals surface area (Å²) in [5, 5.41) is 13.6. The molecule has 10 heteroatoms. The van der Waals surface area contributed by atoms with E-state index in [1.807, 2.05) is 13.0 Å². The van der Waals surface area contributed by atoms with Gasteiger partial charge in [-0.15, -0.1) is 0 Å². The second kappa shape index (κ2) is 9.48. The van der Waals surface area contributed by atoms with E-state index in [1.165, 1.54) is 12.1 Å². The van der Waals surface area contributed by atoms with Crippen LogP contribution in [0.25, 0.3) is 22.2 Å². The Morgan fingerprint density at radius 3 is 2.51 bits per heavy atom. The number of hydrogen-bond acceptors (Lipinski definition) is 4. The molecule has 0 atom stereocenters. The minimum Gasteiger partial charge on any atom is -0.308 e. The molecule has 3 heterocycles. The maximum atomic E-state index is 13.4. The fourth-order valence-electron chi connectivity index (χ4n) is 3.94. The van der Waals surface area contributed by atoms with Gasteiger partial charge in [0.15, 0.2) is 11.5 Å². The van der Waals surface area contributed by atoms with Gasteiger partial charge < -0.3 is 5.32 Å². The zero-order chi connectivity index (χ0) is 24.5. The summed E-state index contributed by atoms with van der Waals surface area (Å²) in [4.78, 5) is 17.2. The maximum absolute atomic E-state index is 13.4. The number of anilines is 1. The van der Waals surface area contributed by atoms with Gasteiger partial charge in [0.2, 0.25) is 5.91 Å². The van der Waals surface area contributed by atoms with Gasteiger partial charge in [-0.25, -0.2) is 14.1 Å². The van der Waals surface area contributed by atoms with Crippen LogP contribution in [-0.2, 0) is 17.9 Å². The number of rotatable bonds is 6. The molecule has 0 spiro atoms. The number of fused-ring (bicyclic) bond motifs is 1. The van der Waals surface area contributed by atoms with Crippen LogP contribution in [0.15, 0.2) is 67.0 Å². The van der Waals surface area contributed by atoms with Gasteiger partial charge in [-0.2, -0.15) is 10.2 Å². The van der Waals surface area contributed by atoms with Crippen LogP contribution in [0.4, 0.5) is 10.2 Å². The largest absolute Gasteiger partial charge is 0.308 e. The Bertz CT molecular complexity index is 1520. The van der Waals surface area contributed by atoms with Crippen LogP contribution < -0.4 is 5.32 Å². The average molecular weight is 509 g/mol. The zero-order valence-electron chi connectivity index (χ0n) is 18.5. The summed E-state index contributed by atoms with van der Waals surface area (Å²) in [6.07, 6.45) is 3.39. The van der Waals surface area contributed by atoms with Crippen LogP contribution >= 0.6 is 23.2 Å². The summed E-state index contributed by atoms with van der Waals surface area (Å²) in [6, 6.07) is 15.1. The van der Waals surface area contributed by atoms with E-state index < -0.39 is 0 Å². The van der Waals surface area contributed by atoms with Gasteiger partial charge in [0, 0.05) is 39.5 Å². The minimum absolute atomic E-state index is 0.0482. The Labute approximate surface area is 210 Å². The van der Waals surface area contributed by atoms with Gasteiger partial charge in [0.1, 0.15) is 12.4 Å². The lowest BCUT2D eigenvalue weighted by Crippen LogP contribution is -2.20. The number of amides is 1. The minimum atomic E-state index is -0.305. The van der Waals surface area contributed by atoms with Crippen molar-refractivity contribution < 1.29 is 9.18 Å². The van der Waals surface area contributed by atoms with E-state index in [9.17, 15) is 9.18 Å². The molecule has 35 heavy (non-hydrogen) atoms. The van der Waals surface area contributed by atoms with Crippen molar-refractivity contribution in [3.8, 4) is 11.1 Å². The van der Waals surface area contributed by atoms with Gasteiger partial charge in [0.05, 0.1) is 12.2 Å². The second-order valence-electron chi connectivity index (χ2n) is 7.95. The number of benzene rings is 2. The van der Waals surface area contributed by atoms with Crippen molar-refractivity contribution in [2.24, 2.45) is 0 Å². The number of halogens is 3. The molecule has 1 N–H and O–H groups in total. The monoisotopic (exact) mass is 508 g/mol. The highest BCUT2D eigenvalue weighted by atomic mass is 35.5. The molecule has 0 saturated carbocycles. The van der Waals surface area contributed by atoms with Crippen LogP contribution in [0.2, 0.25) is 10.0 Å². The van der Waals surface area contributed by atoms with Crippen molar-refractivity contribution in [3.63, 3.8) is 0 Å². The normalized spacial score (nSPS) is 11.2. The Kier molecular flexibility index (Phi) is 6.23.